The number of thiol groups is 1. The van der Waals surface area contributed by atoms with Crippen LogP contribution in [-0.4, -0.2) is 55.3 Å². The maximum absolute atomic E-state index is 4.41. The zero-order valence-corrected chi connectivity index (χ0v) is 11.3. The first-order valence-corrected chi connectivity index (χ1v) is 6.80. The third kappa shape index (κ3) is 4.33. The summed E-state index contributed by atoms with van der Waals surface area (Å²) in [7, 11) is 4.39. The van der Waals surface area contributed by atoms with Gasteiger partial charge in [0.2, 0.25) is 0 Å². The highest BCUT2D eigenvalue weighted by Crippen LogP contribution is 2.16. The Hall–Kier alpha value is 0.270. The molecule has 1 heterocycles. The van der Waals surface area contributed by atoms with Gasteiger partial charge in [0.05, 0.1) is 0 Å². The highest BCUT2D eigenvalue weighted by Gasteiger charge is 2.21. The van der Waals surface area contributed by atoms with Gasteiger partial charge in [0.15, 0.2) is 0 Å². The molecule has 0 radical (unpaired) electrons. The highest BCUT2D eigenvalue weighted by molar-refractivity contribution is 7.80. The second kappa shape index (κ2) is 6.77. The molecule has 1 rings (SSSR count). The van der Waals surface area contributed by atoms with E-state index in [0.29, 0.717) is 0 Å². The first kappa shape index (κ1) is 13.3. The van der Waals surface area contributed by atoms with Crippen LogP contribution < -0.4 is 0 Å². The van der Waals surface area contributed by atoms with Crippen molar-refractivity contribution in [1.29, 1.82) is 0 Å². The molecule has 1 aliphatic rings. The highest BCUT2D eigenvalue weighted by atomic mass is 32.1. The second-order valence-corrected chi connectivity index (χ2v) is 5.32. The van der Waals surface area contributed by atoms with Gasteiger partial charge in [0, 0.05) is 12.6 Å². The van der Waals surface area contributed by atoms with Crippen molar-refractivity contribution < 1.29 is 0 Å². The van der Waals surface area contributed by atoms with Gasteiger partial charge in [-0.1, -0.05) is 13.3 Å². The van der Waals surface area contributed by atoms with Crippen molar-refractivity contribution in [3.63, 3.8) is 0 Å². The quantitative estimate of drug-likeness (QED) is 0.722. The van der Waals surface area contributed by atoms with Crippen LogP contribution in [0.2, 0.25) is 0 Å². The zero-order chi connectivity index (χ0) is 11.3. The molecule has 0 bridgehead atoms. The lowest BCUT2D eigenvalue weighted by Crippen LogP contribution is -2.43. The number of nitrogens with zero attached hydrogens (tertiary/aromatic N) is 2. The van der Waals surface area contributed by atoms with E-state index in [0.717, 1.165) is 17.7 Å². The summed E-state index contributed by atoms with van der Waals surface area (Å²) in [6, 6.07) is 0.803. The first-order chi connectivity index (χ1) is 7.17. The standard InChI is InChI=1S/C12H26N2S/c1-4-11(10-15)9-14-7-5-12(6-8-14)13(2)3/h11-12,15H,4-10H2,1-3H3. The summed E-state index contributed by atoms with van der Waals surface area (Å²) in [6.07, 6.45) is 3.92. The second-order valence-electron chi connectivity index (χ2n) is 4.95. The van der Waals surface area contributed by atoms with Gasteiger partial charge < -0.3 is 9.80 Å². The summed E-state index contributed by atoms with van der Waals surface area (Å²) >= 11 is 4.41. The molecule has 1 atom stereocenters. The van der Waals surface area contributed by atoms with Crippen LogP contribution in [0.1, 0.15) is 26.2 Å². The zero-order valence-electron chi connectivity index (χ0n) is 10.4. The van der Waals surface area contributed by atoms with E-state index in [-0.39, 0.29) is 0 Å². The van der Waals surface area contributed by atoms with Gasteiger partial charge in [0.25, 0.3) is 0 Å². The third-order valence-corrected chi connectivity index (χ3v) is 4.16. The van der Waals surface area contributed by atoms with Crippen LogP contribution in [0, 0.1) is 5.92 Å². The fourth-order valence-corrected chi connectivity index (χ4v) is 2.67. The van der Waals surface area contributed by atoms with E-state index < -0.39 is 0 Å². The van der Waals surface area contributed by atoms with Crippen molar-refractivity contribution in [3.8, 4) is 0 Å². The summed E-state index contributed by atoms with van der Waals surface area (Å²) in [5.74, 6) is 1.81. The molecule has 1 fully saturated rings. The fourth-order valence-electron chi connectivity index (χ4n) is 2.30. The fraction of sp³-hybridized carbons (Fsp3) is 1.00. The van der Waals surface area contributed by atoms with Gasteiger partial charge in [-0.3, -0.25) is 0 Å². The van der Waals surface area contributed by atoms with Crippen LogP contribution in [0.25, 0.3) is 0 Å². The van der Waals surface area contributed by atoms with Gasteiger partial charge in [-0.2, -0.15) is 12.6 Å². The number of likely N-dealkylation sites (tertiary alicyclic amines) is 1. The Morgan fingerprint density at radius 3 is 2.33 bits per heavy atom. The van der Waals surface area contributed by atoms with E-state index in [9.17, 15) is 0 Å². The Labute approximate surface area is 100 Å². The van der Waals surface area contributed by atoms with Crippen molar-refractivity contribution in [2.24, 2.45) is 5.92 Å². The molecule has 0 aromatic heterocycles. The molecule has 3 heteroatoms. The van der Waals surface area contributed by atoms with E-state index in [1.165, 1.54) is 38.9 Å². The summed E-state index contributed by atoms with van der Waals surface area (Å²) in [6.45, 7) is 6.06. The van der Waals surface area contributed by atoms with E-state index in [1.807, 2.05) is 0 Å². The van der Waals surface area contributed by atoms with Crippen LogP contribution in [0.4, 0.5) is 0 Å². The van der Waals surface area contributed by atoms with Crippen molar-refractivity contribution in [2.45, 2.75) is 32.2 Å². The molecule has 0 N–H and O–H groups in total. The Kier molecular flexibility index (Phi) is 6.02. The lowest BCUT2D eigenvalue weighted by molar-refractivity contribution is 0.132. The van der Waals surface area contributed by atoms with Gasteiger partial charge >= 0.3 is 0 Å². The van der Waals surface area contributed by atoms with Crippen LogP contribution in [0.3, 0.4) is 0 Å². The number of rotatable bonds is 5. The molecule has 0 aromatic rings. The molecule has 2 nitrogen and oxygen atoms in total. The SMILES string of the molecule is CCC(CS)CN1CCC(N(C)C)CC1. The largest absolute Gasteiger partial charge is 0.306 e. The third-order valence-electron chi connectivity index (χ3n) is 3.64. The summed E-state index contributed by atoms with van der Waals surface area (Å²) in [5.41, 5.74) is 0. The topological polar surface area (TPSA) is 6.48 Å². The van der Waals surface area contributed by atoms with Crippen LogP contribution in [0.5, 0.6) is 0 Å². The van der Waals surface area contributed by atoms with Crippen LogP contribution in [-0.2, 0) is 0 Å². The van der Waals surface area contributed by atoms with E-state index in [1.54, 1.807) is 0 Å². The Morgan fingerprint density at radius 1 is 1.33 bits per heavy atom. The normalized spacial score (nSPS) is 22.2. The maximum Gasteiger partial charge on any atom is 0.0113 e. The van der Waals surface area contributed by atoms with E-state index in [2.05, 4.69) is 43.4 Å². The smallest absolute Gasteiger partial charge is 0.0113 e. The average Bonchev–Trinajstić information content (AvgIpc) is 2.26. The molecular formula is C12H26N2S. The molecule has 15 heavy (non-hydrogen) atoms. The van der Waals surface area contributed by atoms with Crippen molar-refractivity contribution >= 4 is 12.6 Å². The number of hydrogen-bond donors (Lipinski definition) is 1. The molecule has 0 aromatic carbocycles. The Balaban J connectivity index is 2.25. The predicted molar refractivity (Wildman–Crippen MR) is 70.8 cm³/mol. The van der Waals surface area contributed by atoms with Crippen molar-refractivity contribution in [3.05, 3.63) is 0 Å². The summed E-state index contributed by atoms with van der Waals surface area (Å²) in [5, 5.41) is 0. The molecule has 0 aliphatic carbocycles. The van der Waals surface area contributed by atoms with E-state index in [4.69, 9.17) is 0 Å². The molecule has 0 spiro atoms. The average molecular weight is 230 g/mol. The van der Waals surface area contributed by atoms with Crippen LogP contribution >= 0.6 is 12.6 Å². The maximum atomic E-state index is 4.41. The minimum atomic E-state index is 0.782. The van der Waals surface area contributed by atoms with Crippen molar-refractivity contribution in [2.75, 3.05) is 39.5 Å². The van der Waals surface area contributed by atoms with Gasteiger partial charge in [-0.05, 0) is 51.7 Å². The van der Waals surface area contributed by atoms with Crippen molar-refractivity contribution in [1.82, 2.24) is 9.80 Å². The van der Waals surface area contributed by atoms with Crippen LogP contribution in [0.15, 0.2) is 0 Å². The minimum absolute atomic E-state index is 0.782. The van der Waals surface area contributed by atoms with Gasteiger partial charge in [-0.15, -0.1) is 0 Å². The number of hydrogen-bond acceptors (Lipinski definition) is 3. The number of piperidine rings is 1. The molecular weight excluding hydrogens is 204 g/mol. The predicted octanol–water partition coefficient (Wildman–Crippen LogP) is 1.97. The molecule has 90 valence electrons. The van der Waals surface area contributed by atoms with Gasteiger partial charge in [-0.25, -0.2) is 0 Å². The summed E-state index contributed by atoms with van der Waals surface area (Å²) in [4.78, 5) is 4.98. The molecule has 0 amide bonds. The summed E-state index contributed by atoms with van der Waals surface area (Å²) < 4.78 is 0. The van der Waals surface area contributed by atoms with E-state index >= 15 is 0 Å². The van der Waals surface area contributed by atoms with Gasteiger partial charge in [0.1, 0.15) is 0 Å². The Bertz CT molecular complexity index is 161. The molecule has 1 aliphatic heterocycles. The minimum Gasteiger partial charge on any atom is -0.306 e. The molecule has 1 saturated heterocycles. The monoisotopic (exact) mass is 230 g/mol. The molecule has 1 unspecified atom stereocenters. The lowest BCUT2D eigenvalue weighted by atomic mass is 10.0. The first-order valence-electron chi connectivity index (χ1n) is 6.17. The Morgan fingerprint density at radius 2 is 1.93 bits per heavy atom. The lowest BCUT2D eigenvalue weighted by Gasteiger charge is -2.36. The molecule has 0 saturated carbocycles.